The fraction of sp³-hybridized carbons (Fsp3) is 0.0667. The number of phenolic OH excluding ortho intramolecular Hbond substituents is 1. The second-order valence-electron chi connectivity index (χ2n) is 5.13. The minimum Gasteiger partial charge on any atom is -0.506 e. The van der Waals surface area contributed by atoms with Crippen LogP contribution in [0.3, 0.4) is 0 Å². The summed E-state index contributed by atoms with van der Waals surface area (Å²) in [4.78, 5) is 8.94. The van der Waals surface area contributed by atoms with E-state index in [1.165, 1.54) is 0 Å². The van der Waals surface area contributed by atoms with E-state index in [-0.39, 0.29) is 16.7 Å². The van der Waals surface area contributed by atoms with Gasteiger partial charge in [0.15, 0.2) is 12.1 Å². The summed E-state index contributed by atoms with van der Waals surface area (Å²) in [6, 6.07) is 11.1. The topological polar surface area (TPSA) is 88.5 Å². The number of halogens is 2. The van der Waals surface area contributed by atoms with E-state index < -0.39 is 6.17 Å². The molecule has 8 heteroatoms. The van der Waals surface area contributed by atoms with Gasteiger partial charge in [-0.15, -0.1) is 0 Å². The molecule has 0 aliphatic carbocycles. The molecule has 3 aromatic rings. The number of phenols is 1. The summed E-state index contributed by atoms with van der Waals surface area (Å²) in [5.41, 5.74) is 8.12. The first kappa shape index (κ1) is 14.3. The zero-order valence-electron chi connectivity index (χ0n) is 11.7. The number of hydrogen-bond acceptors (Lipinski definition) is 5. The van der Waals surface area contributed by atoms with Crippen molar-refractivity contribution < 1.29 is 5.11 Å². The van der Waals surface area contributed by atoms with Crippen LogP contribution in [0.2, 0.25) is 5.02 Å². The lowest BCUT2D eigenvalue weighted by Crippen LogP contribution is -2.31. The fourth-order valence-electron chi connectivity index (χ4n) is 2.71. The standard InChI is InChI=1S/C15H11BrClN5O/c16-7-5-8(12(23)9(17)6-7)13-20-14(18)21-15-19-10-3-1-2-4-11(10)22(13)15/h1-6,13,23H,(H3,18,19,20,21)/t13-/m0/s1. The molecule has 1 atom stereocenters. The van der Waals surface area contributed by atoms with Crippen LogP contribution in [-0.2, 0) is 0 Å². The highest BCUT2D eigenvalue weighted by molar-refractivity contribution is 9.10. The molecule has 116 valence electrons. The van der Waals surface area contributed by atoms with Crippen molar-refractivity contribution >= 4 is 50.5 Å². The van der Waals surface area contributed by atoms with Gasteiger partial charge in [-0.2, -0.15) is 0 Å². The van der Waals surface area contributed by atoms with Crippen molar-refractivity contribution in [2.75, 3.05) is 5.32 Å². The van der Waals surface area contributed by atoms with E-state index in [0.29, 0.717) is 11.5 Å². The van der Waals surface area contributed by atoms with Crippen molar-refractivity contribution in [3.8, 4) is 5.75 Å². The molecule has 0 spiro atoms. The molecule has 0 amide bonds. The van der Waals surface area contributed by atoms with Gasteiger partial charge >= 0.3 is 0 Å². The minimum absolute atomic E-state index is 0.0259. The van der Waals surface area contributed by atoms with Crippen LogP contribution in [0.1, 0.15) is 11.7 Å². The Bertz CT molecular complexity index is 968. The van der Waals surface area contributed by atoms with E-state index in [9.17, 15) is 5.11 Å². The Morgan fingerprint density at radius 3 is 2.91 bits per heavy atom. The number of para-hydroxylation sites is 2. The van der Waals surface area contributed by atoms with Crippen molar-refractivity contribution in [2.45, 2.75) is 6.17 Å². The molecule has 0 radical (unpaired) electrons. The van der Waals surface area contributed by atoms with Crippen molar-refractivity contribution in [1.29, 1.82) is 0 Å². The lowest BCUT2D eigenvalue weighted by atomic mass is 10.1. The lowest BCUT2D eigenvalue weighted by molar-refractivity contribution is 0.456. The zero-order chi connectivity index (χ0) is 16.1. The predicted octanol–water partition coefficient (Wildman–Crippen LogP) is 3.44. The zero-order valence-corrected chi connectivity index (χ0v) is 14.0. The van der Waals surface area contributed by atoms with Crippen LogP contribution in [0, 0.1) is 0 Å². The third kappa shape index (κ3) is 2.24. The Kier molecular flexibility index (Phi) is 3.21. The maximum Gasteiger partial charge on any atom is 0.212 e. The number of nitrogens with zero attached hydrogens (tertiary/aromatic N) is 3. The van der Waals surface area contributed by atoms with Crippen molar-refractivity contribution in [1.82, 2.24) is 9.55 Å². The van der Waals surface area contributed by atoms with Gasteiger partial charge in [0, 0.05) is 10.0 Å². The predicted molar refractivity (Wildman–Crippen MR) is 93.9 cm³/mol. The average molecular weight is 393 g/mol. The Morgan fingerprint density at radius 2 is 2.09 bits per heavy atom. The smallest absolute Gasteiger partial charge is 0.212 e. The Balaban J connectivity index is 2.01. The van der Waals surface area contributed by atoms with Crippen LogP contribution < -0.4 is 11.1 Å². The molecule has 0 saturated heterocycles. The van der Waals surface area contributed by atoms with Crippen LogP contribution in [-0.4, -0.2) is 20.6 Å². The van der Waals surface area contributed by atoms with Gasteiger partial charge in [0.05, 0.1) is 16.1 Å². The normalized spacial score (nSPS) is 16.8. The number of aromatic hydroxyl groups is 1. The number of rotatable bonds is 1. The quantitative estimate of drug-likeness (QED) is 0.592. The van der Waals surface area contributed by atoms with Gasteiger partial charge in [-0.25, -0.2) is 9.98 Å². The first-order valence-electron chi connectivity index (χ1n) is 6.80. The summed E-state index contributed by atoms with van der Waals surface area (Å²) in [7, 11) is 0. The third-order valence-corrected chi connectivity index (χ3v) is 4.42. The van der Waals surface area contributed by atoms with Crippen LogP contribution in [0.4, 0.5) is 5.95 Å². The molecular formula is C15H11BrClN5O. The maximum atomic E-state index is 10.4. The van der Waals surface area contributed by atoms with Gasteiger partial charge in [-0.1, -0.05) is 39.7 Å². The molecule has 2 aromatic carbocycles. The van der Waals surface area contributed by atoms with Gasteiger partial charge in [-0.05, 0) is 24.3 Å². The minimum atomic E-state index is -0.561. The highest BCUT2D eigenvalue weighted by atomic mass is 79.9. The number of benzene rings is 2. The van der Waals surface area contributed by atoms with Gasteiger partial charge in [0.2, 0.25) is 5.95 Å². The van der Waals surface area contributed by atoms with Gasteiger partial charge in [-0.3, -0.25) is 9.88 Å². The van der Waals surface area contributed by atoms with Crippen molar-refractivity contribution in [2.24, 2.45) is 10.7 Å². The third-order valence-electron chi connectivity index (χ3n) is 3.68. The second kappa shape index (κ2) is 5.14. The number of aromatic nitrogens is 2. The molecule has 0 unspecified atom stereocenters. The number of anilines is 1. The van der Waals surface area contributed by atoms with E-state index in [4.69, 9.17) is 17.3 Å². The van der Waals surface area contributed by atoms with Crippen LogP contribution in [0.25, 0.3) is 11.0 Å². The summed E-state index contributed by atoms with van der Waals surface area (Å²) in [5, 5.41) is 13.6. The monoisotopic (exact) mass is 391 g/mol. The van der Waals surface area contributed by atoms with Gasteiger partial charge in [0.1, 0.15) is 5.75 Å². The first-order chi connectivity index (χ1) is 11.0. The number of aliphatic imine (C=N–C) groups is 1. The number of fused-ring (bicyclic) bond motifs is 3. The molecule has 0 fully saturated rings. The number of nitrogens with two attached hydrogens (primary N) is 1. The molecule has 0 saturated carbocycles. The molecule has 4 N–H and O–H groups in total. The summed E-state index contributed by atoms with van der Waals surface area (Å²) in [6.07, 6.45) is -0.561. The van der Waals surface area contributed by atoms with E-state index in [2.05, 4.69) is 31.2 Å². The van der Waals surface area contributed by atoms with Crippen molar-refractivity contribution in [3.05, 3.63) is 51.5 Å². The van der Waals surface area contributed by atoms with Crippen molar-refractivity contribution in [3.63, 3.8) is 0 Å². The van der Waals surface area contributed by atoms with Crippen LogP contribution in [0.15, 0.2) is 45.9 Å². The molecular weight excluding hydrogens is 382 g/mol. The summed E-state index contributed by atoms with van der Waals surface area (Å²) in [6.45, 7) is 0. The van der Waals surface area contributed by atoms with E-state index in [1.54, 1.807) is 12.1 Å². The molecule has 1 aliphatic rings. The Morgan fingerprint density at radius 1 is 1.30 bits per heavy atom. The molecule has 6 nitrogen and oxygen atoms in total. The second-order valence-corrected chi connectivity index (χ2v) is 6.46. The maximum absolute atomic E-state index is 10.4. The number of hydrogen-bond donors (Lipinski definition) is 3. The lowest BCUT2D eigenvalue weighted by Gasteiger charge is -2.24. The Hall–Kier alpha value is -2.25. The number of guanidine groups is 1. The van der Waals surface area contributed by atoms with Gasteiger partial charge in [0.25, 0.3) is 0 Å². The highest BCUT2D eigenvalue weighted by Crippen LogP contribution is 2.40. The molecule has 0 bridgehead atoms. The first-order valence-corrected chi connectivity index (χ1v) is 7.97. The number of nitrogens with one attached hydrogen (secondary N) is 1. The van der Waals surface area contributed by atoms with E-state index in [0.717, 1.165) is 15.5 Å². The molecule has 4 rings (SSSR count). The molecule has 1 aromatic heterocycles. The highest BCUT2D eigenvalue weighted by Gasteiger charge is 2.28. The fourth-order valence-corrected chi connectivity index (χ4v) is 3.54. The number of imidazole rings is 1. The Labute approximate surface area is 144 Å². The summed E-state index contributed by atoms with van der Waals surface area (Å²) >= 11 is 9.49. The summed E-state index contributed by atoms with van der Waals surface area (Å²) in [5.74, 6) is 0.773. The summed E-state index contributed by atoms with van der Waals surface area (Å²) < 4.78 is 2.62. The van der Waals surface area contributed by atoms with Gasteiger partial charge < -0.3 is 10.8 Å². The largest absolute Gasteiger partial charge is 0.506 e. The van der Waals surface area contributed by atoms with Crippen LogP contribution in [0.5, 0.6) is 5.75 Å². The molecule has 23 heavy (non-hydrogen) atoms. The molecule has 2 heterocycles. The van der Waals surface area contributed by atoms with E-state index in [1.807, 2.05) is 28.8 Å². The van der Waals surface area contributed by atoms with E-state index >= 15 is 0 Å². The van der Waals surface area contributed by atoms with Crippen LogP contribution >= 0.6 is 27.5 Å². The molecule has 1 aliphatic heterocycles. The average Bonchev–Trinajstić information content (AvgIpc) is 2.88. The SMILES string of the molecule is NC1=N[C@H](c2cc(Br)cc(Cl)c2O)n2c(nc3ccccc32)N1.